The lowest BCUT2D eigenvalue weighted by atomic mass is 9.88. The number of hydrogen-bond donors (Lipinski definition) is 2. The molecule has 1 unspecified atom stereocenters. The standard InChI is InChI=1S/C20H27N3/c21-16-20(22-14-18-8-3-1-4-9-18)12-7-13-23(17-20)15-19-10-5-2-6-11-19/h1-6,8-11,22H,7,12-17,21H2. The van der Waals surface area contributed by atoms with Gasteiger partial charge in [0.2, 0.25) is 0 Å². The Morgan fingerprint density at radius 3 is 2.26 bits per heavy atom. The van der Waals surface area contributed by atoms with E-state index in [4.69, 9.17) is 5.73 Å². The fraction of sp³-hybridized carbons (Fsp3) is 0.400. The number of nitrogens with two attached hydrogens (primary N) is 1. The SMILES string of the molecule is NCC1(NCc2ccccc2)CCCN(Cc2ccccc2)C1. The van der Waals surface area contributed by atoms with Gasteiger partial charge in [0, 0.05) is 31.7 Å². The van der Waals surface area contributed by atoms with Crippen molar-refractivity contribution < 1.29 is 0 Å². The summed E-state index contributed by atoms with van der Waals surface area (Å²) in [6, 6.07) is 21.3. The summed E-state index contributed by atoms with van der Waals surface area (Å²) in [6.45, 7) is 4.76. The van der Waals surface area contributed by atoms with Crippen molar-refractivity contribution in [3.63, 3.8) is 0 Å². The molecule has 0 bridgehead atoms. The zero-order valence-electron chi connectivity index (χ0n) is 13.7. The zero-order chi connectivity index (χ0) is 16.0. The van der Waals surface area contributed by atoms with Crippen molar-refractivity contribution in [2.75, 3.05) is 19.6 Å². The van der Waals surface area contributed by atoms with Gasteiger partial charge < -0.3 is 11.1 Å². The molecule has 0 saturated carbocycles. The van der Waals surface area contributed by atoms with Gasteiger partial charge in [0.1, 0.15) is 0 Å². The van der Waals surface area contributed by atoms with Crippen LogP contribution < -0.4 is 11.1 Å². The minimum atomic E-state index is 0.0306. The molecular weight excluding hydrogens is 282 g/mol. The molecule has 2 aromatic carbocycles. The minimum Gasteiger partial charge on any atom is -0.329 e. The van der Waals surface area contributed by atoms with Crippen LogP contribution in [0.4, 0.5) is 0 Å². The number of nitrogens with zero attached hydrogens (tertiary/aromatic N) is 1. The highest BCUT2D eigenvalue weighted by molar-refractivity contribution is 5.16. The molecule has 3 rings (SSSR count). The number of nitrogens with one attached hydrogen (secondary N) is 1. The number of hydrogen-bond acceptors (Lipinski definition) is 3. The maximum atomic E-state index is 6.17. The van der Waals surface area contributed by atoms with E-state index in [1.54, 1.807) is 0 Å². The quantitative estimate of drug-likeness (QED) is 0.862. The van der Waals surface area contributed by atoms with E-state index in [1.807, 2.05) is 0 Å². The Bertz CT molecular complexity index is 584. The van der Waals surface area contributed by atoms with Crippen LogP contribution in [0.2, 0.25) is 0 Å². The molecule has 2 aromatic rings. The maximum absolute atomic E-state index is 6.17. The Balaban J connectivity index is 1.62. The monoisotopic (exact) mass is 309 g/mol. The van der Waals surface area contributed by atoms with E-state index in [1.165, 1.54) is 17.5 Å². The van der Waals surface area contributed by atoms with E-state index >= 15 is 0 Å². The summed E-state index contributed by atoms with van der Waals surface area (Å²) < 4.78 is 0. The van der Waals surface area contributed by atoms with Crippen molar-refractivity contribution in [2.45, 2.75) is 31.5 Å². The lowest BCUT2D eigenvalue weighted by Gasteiger charge is -2.43. The summed E-state index contributed by atoms with van der Waals surface area (Å²) in [5.74, 6) is 0. The fourth-order valence-electron chi connectivity index (χ4n) is 3.47. The van der Waals surface area contributed by atoms with E-state index < -0.39 is 0 Å². The van der Waals surface area contributed by atoms with Crippen LogP contribution in [-0.4, -0.2) is 30.1 Å². The van der Waals surface area contributed by atoms with E-state index in [-0.39, 0.29) is 5.54 Å². The fourth-order valence-corrected chi connectivity index (χ4v) is 3.47. The number of benzene rings is 2. The molecule has 3 nitrogen and oxygen atoms in total. The summed E-state index contributed by atoms with van der Waals surface area (Å²) >= 11 is 0. The molecule has 0 spiro atoms. The second-order valence-electron chi connectivity index (χ2n) is 6.62. The zero-order valence-corrected chi connectivity index (χ0v) is 13.7. The average Bonchev–Trinajstić information content (AvgIpc) is 2.62. The van der Waals surface area contributed by atoms with E-state index in [0.717, 1.165) is 32.6 Å². The first-order valence-corrected chi connectivity index (χ1v) is 8.55. The highest BCUT2D eigenvalue weighted by Crippen LogP contribution is 2.22. The molecule has 3 N–H and O–H groups in total. The van der Waals surface area contributed by atoms with Crippen LogP contribution >= 0.6 is 0 Å². The van der Waals surface area contributed by atoms with Crippen molar-refractivity contribution >= 4 is 0 Å². The third kappa shape index (κ3) is 4.41. The van der Waals surface area contributed by atoms with Gasteiger partial charge >= 0.3 is 0 Å². The molecule has 122 valence electrons. The average molecular weight is 309 g/mol. The minimum absolute atomic E-state index is 0.0306. The van der Waals surface area contributed by atoms with Crippen molar-refractivity contribution in [1.82, 2.24) is 10.2 Å². The van der Waals surface area contributed by atoms with Gasteiger partial charge in [-0.2, -0.15) is 0 Å². The molecule has 23 heavy (non-hydrogen) atoms. The molecule has 3 heteroatoms. The number of rotatable bonds is 6. The molecular formula is C20H27N3. The largest absolute Gasteiger partial charge is 0.329 e. The van der Waals surface area contributed by atoms with Crippen LogP contribution in [-0.2, 0) is 13.1 Å². The van der Waals surface area contributed by atoms with Gasteiger partial charge in [-0.05, 0) is 30.5 Å². The molecule has 0 radical (unpaired) electrons. The van der Waals surface area contributed by atoms with Gasteiger partial charge in [-0.15, -0.1) is 0 Å². The Labute approximate surface area is 139 Å². The third-order valence-corrected chi connectivity index (χ3v) is 4.81. The first-order chi connectivity index (χ1) is 11.3. The lowest BCUT2D eigenvalue weighted by molar-refractivity contribution is 0.118. The van der Waals surface area contributed by atoms with Crippen LogP contribution in [0.25, 0.3) is 0 Å². The molecule has 0 amide bonds. The van der Waals surface area contributed by atoms with Crippen molar-refractivity contribution in [3.05, 3.63) is 71.8 Å². The van der Waals surface area contributed by atoms with Crippen LogP contribution in [0.5, 0.6) is 0 Å². The Kier molecular flexibility index (Phi) is 5.44. The molecule has 1 aliphatic heterocycles. The van der Waals surface area contributed by atoms with Gasteiger partial charge in [0.15, 0.2) is 0 Å². The van der Waals surface area contributed by atoms with Gasteiger partial charge in [-0.25, -0.2) is 0 Å². The summed E-state index contributed by atoms with van der Waals surface area (Å²) in [5, 5.41) is 3.75. The summed E-state index contributed by atoms with van der Waals surface area (Å²) in [4.78, 5) is 2.53. The molecule has 1 fully saturated rings. The molecule has 1 heterocycles. The highest BCUT2D eigenvalue weighted by Gasteiger charge is 2.33. The summed E-state index contributed by atoms with van der Waals surface area (Å²) in [7, 11) is 0. The molecule has 0 aromatic heterocycles. The first kappa shape index (κ1) is 16.2. The van der Waals surface area contributed by atoms with Crippen LogP contribution in [0.1, 0.15) is 24.0 Å². The van der Waals surface area contributed by atoms with E-state index in [9.17, 15) is 0 Å². The molecule has 1 saturated heterocycles. The Morgan fingerprint density at radius 2 is 1.61 bits per heavy atom. The van der Waals surface area contributed by atoms with Crippen LogP contribution in [0.15, 0.2) is 60.7 Å². The second-order valence-corrected chi connectivity index (χ2v) is 6.62. The summed E-state index contributed by atoms with van der Waals surface area (Å²) in [6.07, 6.45) is 2.35. The molecule has 1 aliphatic rings. The maximum Gasteiger partial charge on any atom is 0.0435 e. The van der Waals surface area contributed by atoms with Crippen LogP contribution in [0.3, 0.4) is 0 Å². The Hall–Kier alpha value is -1.68. The van der Waals surface area contributed by atoms with Gasteiger partial charge in [-0.1, -0.05) is 60.7 Å². The molecule has 1 atom stereocenters. The van der Waals surface area contributed by atoms with Crippen molar-refractivity contribution in [1.29, 1.82) is 0 Å². The van der Waals surface area contributed by atoms with E-state index in [2.05, 4.69) is 70.9 Å². The third-order valence-electron chi connectivity index (χ3n) is 4.81. The second kappa shape index (κ2) is 7.73. The normalized spacial score (nSPS) is 22.1. The summed E-state index contributed by atoms with van der Waals surface area (Å²) in [5.41, 5.74) is 8.90. The van der Waals surface area contributed by atoms with Gasteiger partial charge in [0.25, 0.3) is 0 Å². The first-order valence-electron chi connectivity index (χ1n) is 8.55. The number of piperidine rings is 1. The van der Waals surface area contributed by atoms with Crippen molar-refractivity contribution in [3.8, 4) is 0 Å². The lowest BCUT2D eigenvalue weighted by Crippen LogP contribution is -2.60. The van der Waals surface area contributed by atoms with Crippen molar-refractivity contribution in [2.24, 2.45) is 5.73 Å². The molecule has 0 aliphatic carbocycles. The van der Waals surface area contributed by atoms with Crippen LogP contribution in [0, 0.1) is 0 Å². The Morgan fingerprint density at radius 1 is 0.957 bits per heavy atom. The smallest absolute Gasteiger partial charge is 0.0435 e. The predicted molar refractivity (Wildman–Crippen MR) is 96.0 cm³/mol. The van der Waals surface area contributed by atoms with Gasteiger partial charge in [0.05, 0.1) is 0 Å². The number of likely N-dealkylation sites (tertiary alicyclic amines) is 1. The van der Waals surface area contributed by atoms with E-state index in [0.29, 0.717) is 6.54 Å². The topological polar surface area (TPSA) is 41.3 Å². The predicted octanol–water partition coefficient (Wildman–Crippen LogP) is 2.77. The van der Waals surface area contributed by atoms with Gasteiger partial charge in [-0.3, -0.25) is 4.90 Å². The highest BCUT2D eigenvalue weighted by atomic mass is 15.2.